The van der Waals surface area contributed by atoms with Gasteiger partial charge in [-0.1, -0.05) is 41.5 Å². The number of aryl methyl sites for hydroxylation is 2. The normalized spacial score (nSPS) is 12.7. The molecule has 1 N–H and O–H groups in total. The second-order valence-electron chi connectivity index (χ2n) is 6.98. The van der Waals surface area contributed by atoms with Crippen LogP contribution in [0, 0.1) is 13.8 Å². The Morgan fingerprint density at radius 3 is 2.31 bits per heavy atom. The molecule has 2 aromatic carbocycles. The zero-order valence-electron chi connectivity index (χ0n) is 16.4. The van der Waals surface area contributed by atoms with Gasteiger partial charge in [0.25, 0.3) is 17.7 Å². The van der Waals surface area contributed by atoms with Crippen molar-refractivity contribution in [3.8, 4) is 0 Å². The minimum Gasteiger partial charge on any atom is -0.456 e. The fourth-order valence-corrected chi connectivity index (χ4v) is 2.99. The third-order valence-corrected chi connectivity index (χ3v) is 4.64. The van der Waals surface area contributed by atoms with Crippen molar-refractivity contribution in [1.82, 2.24) is 10.2 Å². The predicted molar refractivity (Wildman–Crippen MR) is 105 cm³/mol. The Balaban J connectivity index is 1.42. The Morgan fingerprint density at radius 1 is 0.931 bits per heavy atom. The first-order chi connectivity index (χ1) is 13.8. The summed E-state index contributed by atoms with van der Waals surface area (Å²) in [4.78, 5) is 49.5. The molecule has 29 heavy (non-hydrogen) atoms. The van der Waals surface area contributed by atoms with Crippen LogP contribution < -0.4 is 5.32 Å². The molecule has 1 aliphatic heterocycles. The van der Waals surface area contributed by atoms with Gasteiger partial charge in [-0.05, 0) is 31.5 Å². The number of carbonyl (C=O) groups excluding carboxylic acids is 4. The average Bonchev–Trinajstić information content (AvgIpc) is 2.94. The number of nitrogens with zero attached hydrogens (tertiary/aromatic N) is 1. The Morgan fingerprint density at radius 2 is 1.59 bits per heavy atom. The quantitative estimate of drug-likeness (QED) is 0.574. The highest BCUT2D eigenvalue weighted by Gasteiger charge is 2.35. The summed E-state index contributed by atoms with van der Waals surface area (Å²) in [5.74, 6) is -1.91. The summed E-state index contributed by atoms with van der Waals surface area (Å²) >= 11 is 0. The van der Waals surface area contributed by atoms with Crippen LogP contribution in [0.25, 0.3) is 0 Å². The van der Waals surface area contributed by atoms with Crippen molar-refractivity contribution in [2.45, 2.75) is 26.8 Å². The molecule has 0 spiro atoms. The third kappa shape index (κ3) is 4.87. The Hall–Kier alpha value is -3.48. The predicted octanol–water partition coefficient (Wildman–Crippen LogP) is 2.15. The molecular formula is C22H22N2O5. The van der Waals surface area contributed by atoms with Crippen molar-refractivity contribution in [3.63, 3.8) is 0 Å². The van der Waals surface area contributed by atoms with Crippen molar-refractivity contribution < 1.29 is 23.9 Å². The van der Waals surface area contributed by atoms with Gasteiger partial charge in [0.15, 0.2) is 6.61 Å². The molecule has 0 aromatic heterocycles. The van der Waals surface area contributed by atoms with E-state index in [4.69, 9.17) is 4.74 Å². The summed E-state index contributed by atoms with van der Waals surface area (Å²) in [6, 6.07) is 12.7. The first-order valence-electron chi connectivity index (χ1n) is 9.30. The lowest BCUT2D eigenvalue weighted by Crippen LogP contribution is -2.33. The average molecular weight is 394 g/mol. The lowest BCUT2D eigenvalue weighted by atomic mass is 10.1. The van der Waals surface area contributed by atoms with E-state index >= 15 is 0 Å². The van der Waals surface area contributed by atoms with Crippen LogP contribution >= 0.6 is 0 Å². The molecule has 0 radical (unpaired) electrons. The molecule has 0 saturated heterocycles. The van der Waals surface area contributed by atoms with Gasteiger partial charge in [0.05, 0.1) is 17.5 Å². The van der Waals surface area contributed by atoms with Crippen LogP contribution in [-0.2, 0) is 20.9 Å². The fourth-order valence-electron chi connectivity index (χ4n) is 2.99. The summed E-state index contributed by atoms with van der Waals surface area (Å²) in [5.41, 5.74) is 3.63. The van der Waals surface area contributed by atoms with Crippen molar-refractivity contribution in [2.24, 2.45) is 0 Å². The maximum atomic E-state index is 12.4. The number of hydrogen-bond acceptors (Lipinski definition) is 5. The van der Waals surface area contributed by atoms with E-state index in [0.29, 0.717) is 17.7 Å². The second-order valence-corrected chi connectivity index (χ2v) is 6.98. The van der Waals surface area contributed by atoms with Crippen LogP contribution in [-0.4, -0.2) is 41.7 Å². The van der Waals surface area contributed by atoms with Crippen LogP contribution in [0.4, 0.5) is 0 Å². The fraction of sp³-hybridized carbons (Fsp3) is 0.273. The molecule has 150 valence electrons. The molecule has 3 rings (SSSR count). The van der Waals surface area contributed by atoms with Crippen LogP contribution in [0.1, 0.15) is 43.8 Å². The zero-order valence-corrected chi connectivity index (χ0v) is 16.4. The number of benzene rings is 2. The van der Waals surface area contributed by atoms with E-state index in [-0.39, 0.29) is 13.0 Å². The first kappa shape index (κ1) is 20.3. The van der Waals surface area contributed by atoms with E-state index in [1.807, 2.05) is 38.1 Å². The Labute approximate surface area is 168 Å². The molecule has 1 heterocycles. The molecule has 2 aromatic rings. The highest BCUT2D eigenvalue weighted by atomic mass is 16.5. The number of fused-ring (bicyclic) bond motifs is 1. The van der Waals surface area contributed by atoms with Gasteiger partial charge in [-0.25, -0.2) is 0 Å². The summed E-state index contributed by atoms with van der Waals surface area (Å²) in [6.45, 7) is 3.65. The van der Waals surface area contributed by atoms with E-state index in [9.17, 15) is 19.2 Å². The van der Waals surface area contributed by atoms with Crippen molar-refractivity contribution >= 4 is 23.7 Å². The molecule has 3 amide bonds. The van der Waals surface area contributed by atoms with Gasteiger partial charge in [0, 0.05) is 13.1 Å². The van der Waals surface area contributed by atoms with E-state index in [0.717, 1.165) is 21.6 Å². The molecule has 0 bridgehead atoms. The highest BCUT2D eigenvalue weighted by molar-refractivity contribution is 6.21. The molecule has 0 saturated carbocycles. The Bertz CT molecular complexity index is 966. The van der Waals surface area contributed by atoms with Gasteiger partial charge in [-0.2, -0.15) is 0 Å². The van der Waals surface area contributed by atoms with E-state index < -0.39 is 30.3 Å². The summed E-state index contributed by atoms with van der Waals surface area (Å²) < 4.78 is 4.94. The monoisotopic (exact) mass is 394 g/mol. The maximum Gasteiger partial charge on any atom is 0.308 e. The molecular weight excluding hydrogens is 372 g/mol. The van der Waals surface area contributed by atoms with Crippen molar-refractivity contribution in [1.29, 1.82) is 0 Å². The van der Waals surface area contributed by atoms with E-state index in [1.165, 1.54) is 0 Å². The van der Waals surface area contributed by atoms with Gasteiger partial charge in [-0.3, -0.25) is 24.1 Å². The van der Waals surface area contributed by atoms with E-state index in [1.54, 1.807) is 18.2 Å². The first-order valence-corrected chi connectivity index (χ1v) is 9.30. The number of carbonyl (C=O) groups is 4. The number of esters is 1. The molecule has 1 aliphatic rings. The standard InChI is InChI=1S/C22H22N2O5/c1-14-3-6-16(7-4-14)12-23-19(25)13-29-20(26)9-10-24-21(27)17-8-5-15(2)11-18(17)22(24)28/h3-8,11H,9-10,12-13H2,1-2H3,(H,23,25). The molecule has 7 nitrogen and oxygen atoms in total. The summed E-state index contributed by atoms with van der Waals surface area (Å²) in [5, 5.41) is 2.67. The summed E-state index contributed by atoms with van der Waals surface area (Å²) in [7, 11) is 0. The zero-order chi connectivity index (χ0) is 21.0. The van der Waals surface area contributed by atoms with Crippen LogP contribution in [0.15, 0.2) is 42.5 Å². The largest absolute Gasteiger partial charge is 0.456 e. The lowest BCUT2D eigenvalue weighted by Gasteiger charge is -2.13. The Kier molecular flexibility index (Phi) is 6.07. The summed E-state index contributed by atoms with van der Waals surface area (Å²) in [6.07, 6.45) is -0.171. The van der Waals surface area contributed by atoms with Gasteiger partial charge < -0.3 is 10.1 Å². The molecule has 0 atom stereocenters. The van der Waals surface area contributed by atoms with Crippen LogP contribution in [0.2, 0.25) is 0 Å². The van der Waals surface area contributed by atoms with E-state index in [2.05, 4.69) is 5.32 Å². The topological polar surface area (TPSA) is 92.8 Å². The highest BCUT2D eigenvalue weighted by Crippen LogP contribution is 2.23. The molecule has 0 aliphatic carbocycles. The number of rotatable bonds is 7. The molecule has 0 unspecified atom stereocenters. The number of nitrogens with one attached hydrogen (secondary N) is 1. The van der Waals surface area contributed by atoms with Crippen LogP contribution in [0.3, 0.4) is 0 Å². The molecule has 0 fully saturated rings. The number of imide groups is 1. The van der Waals surface area contributed by atoms with Crippen molar-refractivity contribution in [3.05, 3.63) is 70.3 Å². The van der Waals surface area contributed by atoms with Gasteiger partial charge in [-0.15, -0.1) is 0 Å². The van der Waals surface area contributed by atoms with Crippen LogP contribution in [0.5, 0.6) is 0 Å². The number of ether oxygens (including phenoxy) is 1. The van der Waals surface area contributed by atoms with Crippen molar-refractivity contribution in [2.75, 3.05) is 13.2 Å². The second kappa shape index (κ2) is 8.68. The van der Waals surface area contributed by atoms with Gasteiger partial charge in [0.1, 0.15) is 0 Å². The number of amides is 3. The number of hydrogen-bond donors (Lipinski definition) is 1. The SMILES string of the molecule is Cc1ccc(CNC(=O)COC(=O)CCN2C(=O)c3ccc(C)cc3C2=O)cc1. The van der Waals surface area contributed by atoms with Gasteiger partial charge in [0.2, 0.25) is 0 Å². The lowest BCUT2D eigenvalue weighted by molar-refractivity contribution is -0.148. The minimum atomic E-state index is -0.650. The smallest absolute Gasteiger partial charge is 0.308 e. The van der Waals surface area contributed by atoms with Gasteiger partial charge >= 0.3 is 5.97 Å². The third-order valence-electron chi connectivity index (χ3n) is 4.64. The maximum absolute atomic E-state index is 12.4. The minimum absolute atomic E-state index is 0.0881. The molecule has 7 heteroatoms.